The summed E-state index contributed by atoms with van der Waals surface area (Å²) in [7, 11) is -1.42. The average Bonchev–Trinajstić information content (AvgIpc) is 3.16. The van der Waals surface area contributed by atoms with Crippen LogP contribution < -0.4 is 0 Å². The third kappa shape index (κ3) is 12.8. The van der Waals surface area contributed by atoms with Gasteiger partial charge in [-0.1, -0.05) is 6.07 Å². The third-order valence-corrected chi connectivity index (χ3v) is 2.13. The zero-order valence-corrected chi connectivity index (χ0v) is 15.5. The summed E-state index contributed by atoms with van der Waals surface area (Å²) in [6, 6.07) is 14.7. The Balaban J connectivity index is -0.000000236. The van der Waals surface area contributed by atoms with Crippen molar-refractivity contribution in [2.24, 2.45) is 0 Å². The molecule has 3 rings (SSSR count). The van der Waals surface area contributed by atoms with Gasteiger partial charge >= 0.3 is 33.1 Å². The predicted octanol–water partition coefficient (Wildman–Crippen LogP) is 5.03. The number of allylic oxidation sites excluding steroid dienone is 4. The van der Waals surface area contributed by atoms with Gasteiger partial charge in [-0.15, -0.1) is 60.9 Å². The quantitative estimate of drug-likeness (QED) is 0.366. The fraction of sp³-hybridized carbons (Fsp3) is 0.0667. The molecule has 0 radical (unpaired) electrons. The Kier molecular flexibility index (Phi) is 23.4. The van der Waals surface area contributed by atoms with Gasteiger partial charge in [0.15, 0.2) is 0 Å². The zero-order valence-electron chi connectivity index (χ0n) is 11.3. The van der Waals surface area contributed by atoms with Crippen molar-refractivity contribution < 1.29 is 29.1 Å². The molecular formula is C15H17Cl2O2PTi. The van der Waals surface area contributed by atoms with Gasteiger partial charge in [0.05, 0.1) is 0 Å². The minimum absolute atomic E-state index is 0. The number of hydrogen-bond acceptors (Lipinski definition) is 2. The van der Waals surface area contributed by atoms with Crippen LogP contribution in [0.4, 0.5) is 0 Å². The van der Waals surface area contributed by atoms with Gasteiger partial charge in [-0.05, 0) is 0 Å². The monoisotopic (exact) mass is 378 g/mol. The third-order valence-electron chi connectivity index (χ3n) is 2.13. The summed E-state index contributed by atoms with van der Waals surface area (Å²) in [6.07, 6.45) is 10.0. The maximum Gasteiger partial charge on any atom is -0.0809 e. The molecular weight excluding hydrogens is 362 g/mol. The van der Waals surface area contributed by atoms with E-state index in [1.54, 1.807) is 20.0 Å². The Hall–Kier alpha value is -0.626. The molecule has 0 bridgehead atoms. The zero-order chi connectivity index (χ0) is 14.3. The van der Waals surface area contributed by atoms with E-state index < -0.39 is 8.34 Å². The van der Waals surface area contributed by atoms with E-state index in [1.165, 1.54) is 10.8 Å². The molecule has 112 valence electrons. The van der Waals surface area contributed by atoms with E-state index in [4.69, 9.17) is 9.13 Å². The number of hydrogen-bond donors (Lipinski definition) is 0. The van der Waals surface area contributed by atoms with Crippen LogP contribution in [0.1, 0.15) is 6.42 Å². The van der Waals surface area contributed by atoms with Gasteiger partial charge in [-0.3, -0.25) is 6.08 Å². The van der Waals surface area contributed by atoms with Crippen LogP contribution in [-0.4, -0.2) is 4.82 Å². The van der Waals surface area contributed by atoms with Crippen molar-refractivity contribution in [1.29, 1.82) is 0 Å². The minimum atomic E-state index is -1.42. The normalized spacial score (nSPS) is 9.43. The molecule has 2 nitrogen and oxygen atoms in total. The molecule has 0 spiro atoms. The Bertz CT molecular complexity index is 521. The van der Waals surface area contributed by atoms with Crippen LogP contribution in [0, 0.1) is 6.08 Å². The molecule has 0 amide bonds. The van der Waals surface area contributed by atoms with Crippen molar-refractivity contribution in [3.8, 4) is 0 Å². The molecule has 1 aliphatic carbocycles. The molecule has 1 aliphatic rings. The smallest absolute Gasteiger partial charge is 0.0809 e. The van der Waals surface area contributed by atoms with Crippen LogP contribution in [0.15, 0.2) is 60.7 Å². The SMILES string of the molecule is Cl.Cl.O=[PH]=O.[C-]1=CC=CC1.[CH2]=[Ti+2].c1ccc2[cH-]ccc2c1. The number of fused-ring (bicyclic) bond motifs is 1. The Morgan fingerprint density at radius 2 is 1.76 bits per heavy atom. The van der Waals surface area contributed by atoms with E-state index in [0.29, 0.717) is 0 Å². The Morgan fingerprint density at radius 3 is 2.19 bits per heavy atom. The largest absolute Gasteiger partial charge is 0.168 e. The molecule has 0 saturated carbocycles. The van der Waals surface area contributed by atoms with Crippen LogP contribution in [0.2, 0.25) is 0 Å². The van der Waals surface area contributed by atoms with E-state index in [1.807, 2.05) is 12.2 Å². The van der Waals surface area contributed by atoms with Crippen molar-refractivity contribution in [2.75, 3.05) is 0 Å². The van der Waals surface area contributed by atoms with Gasteiger partial charge in [-0.2, -0.15) is 23.6 Å². The van der Waals surface area contributed by atoms with Gasteiger partial charge in [0, 0.05) is 0 Å². The maximum atomic E-state index is 8.40. The summed E-state index contributed by atoms with van der Waals surface area (Å²) in [5, 5.41) is 2.66. The Morgan fingerprint density at radius 1 is 1.14 bits per heavy atom. The second kappa shape index (κ2) is 19.4. The van der Waals surface area contributed by atoms with Crippen LogP contribution in [0.5, 0.6) is 0 Å². The van der Waals surface area contributed by atoms with Crippen LogP contribution >= 0.6 is 33.2 Å². The van der Waals surface area contributed by atoms with Gasteiger partial charge < -0.3 is 0 Å². The predicted molar refractivity (Wildman–Crippen MR) is 92.4 cm³/mol. The minimum Gasteiger partial charge on any atom is -0.168 e. The van der Waals surface area contributed by atoms with Gasteiger partial charge in [0.25, 0.3) is 0 Å². The molecule has 0 aromatic heterocycles. The van der Waals surface area contributed by atoms with Crippen LogP contribution in [0.3, 0.4) is 0 Å². The Labute approximate surface area is 150 Å². The molecule has 0 N–H and O–H groups in total. The van der Waals surface area contributed by atoms with Crippen molar-refractivity contribution in [2.45, 2.75) is 6.42 Å². The summed E-state index contributed by atoms with van der Waals surface area (Å²) in [5.41, 5.74) is 0. The standard InChI is InChI=1S/C9H7.C5H5.CH2.2ClH.HO2P.Ti/c1-2-5-9-7-3-6-8(9)4-1;1-2-4-5-3-1;;;;1-3-2;/h1-7H;1-3H,4H2;1H2;2*1H;3H;/q2*-1;;;;;+2. The molecule has 0 unspecified atom stereocenters. The first-order chi connectivity index (χ1) is 9.38. The molecule has 2 aromatic carbocycles. The fourth-order valence-electron chi connectivity index (χ4n) is 1.41. The van der Waals surface area contributed by atoms with Crippen molar-refractivity contribution in [1.82, 2.24) is 0 Å². The van der Waals surface area contributed by atoms with Crippen molar-refractivity contribution >= 4 is 48.7 Å². The second-order valence-electron chi connectivity index (χ2n) is 3.24. The molecule has 0 saturated heterocycles. The van der Waals surface area contributed by atoms with E-state index in [0.717, 1.165) is 6.42 Å². The molecule has 2 aromatic rings. The average molecular weight is 379 g/mol. The van der Waals surface area contributed by atoms with Gasteiger partial charge in [0.1, 0.15) is 0 Å². The van der Waals surface area contributed by atoms with Gasteiger partial charge in [0.2, 0.25) is 0 Å². The van der Waals surface area contributed by atoms with Gasteiger partial charge in [-0.25, -0.2) is 21.3 Å². The first kappa shape index (κ1) is 25.3. The van der Waals surface area contributed by atoms with Crippen LogP contribution in [-0.2, 0) is 29.1 Å². The molecule has 0 aliphatic heterocycles. The van der Waals surface area contributed by atoms with Crippen molar-refractivity contribution in [3.05, 3.63) is 66.8 Å². The first-order valence-corrected chi connectivity index (χ1v) is 7.47. The number of benzene rings is 1. The molecule has 0 heterocycles. The number of halogens is 2. The summed E-state index contributed by atoms with van der Waals surface area (Å²) >= 11 is 1.75. The number of rotatable bonds is 0. The van der Waals surface area contributed by atoms with E-state index in [2.05, 4.69) is 59.4 Å². The summed E-state index contributed by atoms with van der Waals surface area (Å²) in [6.45, 7) is 0. The summed E-state index contributed by atoms with van der Waals surface area (Å²) in [5.74, 6) is 0. The fourth-order valence-corrected chi connectivity index (χ4v) is 1.41. The van der Waals surface area contributed by atoms with E-state index in [9.17, 15) is 0 Å². The summed E-state index contributed by atoms with van der Waals surface area (Å²) in [4.78, 5) is 3.25. The summed E-state index contributed by atoms with van der Waals surface area (Å²) < 4.78 is 16.8. The first-order valence-electron chi connectivity index (χ1n) is 5.55. The second-order valence-corrected chi connectivity index (χ2v) is 3.41. The van der Waals surface area contributed by atoms with E-state index >= 15 is 0 Å². The topological polar surface area (TPSA) is 34.1 Å². The maximum absolute atomic E-state index is 8.40. The molecule has 0 fully saturated rings. The van der Waals surface area contributed by atoms with Crippen LogP contribution in [0.25, 0.3) is 10.8 Å². The van der Waals surface area contributed by atoms with Crippen molar-refractivity contribution in [3.63, 3.8) is 0 Å². The molecule has 0 atom stereocenters. The molecule has 21 heavy (non-hydrogen) atoms. The van der Waals surface area contributed by atoms with E-state index in [-0.39, 0.29) is 24.8 Å². The molecule has 6 heteroatoms.